The number of aldehydes is 1. The molecule has 0 saturated carbocycles. The summed E-state index contributed by atoms with van der Waals surface area (Å²) in [5.41, 5.74) is 0.494. The van der Waals surface area contributed by atoms with E-state index < -0.39 is 5.97 Å². The van der Waals surface area contributed by atoms with Crippen LogP contribution in [0.2, 0.25) is 0 Å². The second-order valence-electron chi connectivity index (χ2n) is 3.38. The largest absolute Gasteiger partial charge is 0.508 e. The lowest BCUT2D eigenvalue weighted by Gasteiger charge is -1.98. The van der Waals surface area contributed by atoms with Crippen LogP contribution in [0.15, 0.2) is 18.3 Å². The molecule has 2 heterocycles. The van der Waals surface area contributed by atoms with Crippen LogP contribution in [0.5, 0.6) is 5.75 Å². The molecule has 0 aromatic carbocycles. The number of rotatable bonds is 3. The maximum Gasteiger partial charge on any atom is 0.358 e. The monoisotopic (exact) mass is 234 g/mol. The van der Waals surface area contributed by atoms with Crippen molar-refractivity contribution in [2.75, 3.05) is 7.11 Å². The summed E-state index contributed by atoms with van der Waals surface area (Å²) >= 11 is 0. The first-order chi connectivity index (χ1) is 8.17. The van der Waals surface area contributed by atoms with Gasteiger partial charge in [-0.25, -0.2) is 9.78 Å². The highest BCUT2D eigenvalue weighted by molar-refractivity contribution is 5.95. The lowest BCUT2D eigenvalue weighted by atomic mass is 10.3. The van der Waals surface area contributed by atoms with Crippen LogP contribution in [-0.4, -0.2) is 33.9 Å². The smallest absolute Gasteiger partial charge is 0.358 e. The zero-order valence-electron chi connectivity index (χ0n) is 9.08. The first-order valence-electron chi connectivity index (χ1n) is 4.89. The molecule has 0 aliphatic carbocycles. The Morgan fingerprint density at radius 1 is 1.65 bits per heavy atom. The Hall–Kier alpha value is -2.37. The van der Waals surface area contributed by atoms with Crippen molar-refractivity contribution in [3.63, 3.8) is 0 Å². The van der Waals surface area contributed by atoms with Crippen LogP contribution < -0.4 is 0 Å². The van der Waals surface area contributed by atoms with Crippen LogP contribution in [0, 0.1) is 0 Å². The highest BCUT2D eigenvalue weighted by Crippen LogP contribution is 2.19. The quantitative estimate of drug-likeness (QED) is 0.620. The van der Waals surface area contributed by atoms with Crippen molar-refractivity contribution in [2.24, 2.45) is 0 Å². The molecular formula is C11H10N2O4. The van der Waals surface area contributed by atoms with E-state index in [-0.39, 0.29) is 17.9 Å². The maximum atomic E-state index is 11.5. The van der Waals surface area contributed by atoms with Gasteiger partial charge in [0.1, 0.15) is 17.9 Å². The molecule has 2 aromatic heterocycles. The summed E-state index contributed by atoms with van der Waals surface area (Å²) in [7, 11) is 1.25. The molecule has 0 aliphatic heterocycles. The van der Waals surface area contributed by atoms with E-state index in [1.807, 2.05) is 0 Å². The third kappa shape index (κ3) is 1.84. The Morgan fingerprint density at radius 2 is 2.41 bits per heavy atom. The van der Waals surface area contributed by atoms with Gasteiger partial charge in [0.05, 0.1) is 19.0 Å². The van der Waals surface area contributed by atoms with Gasteiger partial charge in [-0.15, -0.1) is 0 Å². The van der Waals surface area contributed by atoms with Crippen molar-refractivity contribution >= 4 is 17.8 Å². The highest BCUT2D eigenvalue weighted by atomic mass is 16.5. The number of aromatic nitrogens is 2. The molecule has 0 amide bonds. The summed E-state index contributed by atoms with van der Waals surface area (Å²) < 4.78 is 6.16. The fourth-order valence-corrected chi connectivity index (χ4v) is 1.60. The third-order valence-corrected chi connectivity index (χ3v) is 2.34. The summed E-state index contributed by atoms with van der Waals surface area (Å²) in [5.74, 6) is -0.166. The van der Waals surface area contributed by atoms with E-state index in [0.717, 1.165) is 0 Å². The number of nitrogens with zero attached hydrogens (tertiary/aromatic N) is 2. The van der Waals surface area contributed by atoms with E-state index in [9.17, 15) is 14.7 Å². The Balaban J connectivity index is 2.70. The number of hydrogen-bond donors (Lipinski definition) is 1. The molecule has 6 nitrogen and oxygen atoms in total. The standard InChI is InChI=1S/C11H10N2O4/c1-17-11(16)10-8-6-7(15)2-4-13(8)9(12-10)3-5-14/h2,4-6,15H,3H2,1H3. The van der Waals surface area contributed by atoms with E-state index in [1.165, 1.54) is 19.2 Å². The Labute approximate surface area is 96.5 Å². The first-order valence-corrected chi connectivity index (χ1v) is 4.89. The Bertz CT molecular complexity index is 588. The van der Waals surface area contributed by atoms with Crippen LogP contribution in [-0.2, 0) is 16.0 Å². The number of hydrogen-bond acceptors (Lipinski definition) is 5. The lowest BCUT2D eigenvalue weighted by Crippen LogP contribution is -2.02. The Morgan fingerprint density at radius 3 is 3.06 bits per heavy atom. The SMILES string of the molecule is COC(=O)c1nc(CC=O)n2ccc(O)cc12. The minimum absolute atomic E-state index is 0.0141. The number of fused-ring (bicyclic) bond motifs is 1. The maximum absolute atomic E-state index is 11.5. The van der Waals surface area contributed by atoms with Gasteiger partial charge in [-0.05, 0) is 6.07 Å². The fraction of sp³-hybridized carbons (Fsp3) is 0.182. The molecule has 0 unspecified atom stereocenters. The second kappa shape index (κ2) is 4.25. The van der Waals surface area contributed by atoms with Gasteiger partial charge in [0.15, 0.2) is 5.69 Å². The van der Waals surface area contributed by atoms with Gasteiger partial charge < -0.3 is 19.0 Å². The fourth-order valence-electron chi connectivity index (χ4n) is 1.60. The number of methoxy groups -OCH3 is 1. The van der Waals surface area contributed by atoms with Crippen molar-refractivity contribution in [1.29, 1.82) is 0 Å². The predicted octanol–water partition coefficient (Wildman–Crippen LogP) is 0.568. The molecule has 0 fully saturated rings. The van der Waals surface area contributed by atoms with Crippen LogP contribution >= 0.6 is 0 Å². The molecule has 0 aliphatic rings. The molecule has 17 heavy (non-hydrogen) atoms. The van der Waals surface area contributed by atoms with Crippen LogP contribution in [0.3, 0.4) is 0 Å². The van der Waals surface area contributed by atoms with Crippen molar-refractivity contribution in [3.8, 4) is 5.75 Å². The number of esters is 1. The second-order valence-corrected chi connectivity index (χ2v) is 3.38. The average molecular weight is 234 g/mol. The molecular weight excluding hydrogens is 224 g/mol. The minimum atomic E-state index is -0.606. The normalized spacial score (nSPS) is 10.4. The number of ether oxygens (including phenoxy) is 1. The summed E-state index contributed by atoms with van der Waals surface area (Å²) in [5, 5.41) is 9.39. The van der Waals surface area contributed by atoms with Gasteiger partial charge in [0, 0.05) is 12.3 Å². The van der Waals surface area contributed by atoms with Crippen molar-refractivity contribution in [2.45, 2.75) is 6.42 Å². The van der Waals surface area contributed by atoms with Gasteiger partial charge in [-0.3, -0.25) is 0 Å². The lowest BCUT2D eigenvalue weighted by molar-refractivity contribution is -0.107. The molecule has 2 aromatic rings. The van der Waals surface area contributed by atoms with E-state index in [1.54, 1.807) is 10.6 Å². The van der Waals surface area contributed by atoms with Crippen molar-refractivity contribution < 1.29 is 19.4 Å². The molecule has 0 atom stereocenters. The van der Waals surface area contributed by atoms with Gasteiger partial charge in [-0.2, -0.15) is 0 Å². The molecule has 0 radical (unpaired) electrons. The molecule has 0 saturated heterocycles. The Kier molecular flexibility index (Phi) is 2.78. The summed E-state index contributed by atoms with van der Waals surface area (Å²) in [6.07, 6.45) is 2.33. The van der Waals surface area contributed by atoms with Crippen LogP contribution in [0.25, 0.3) is 5.52 Å². The molecule has 2 rings (SSSR count). The number of imidazole rings is 1. The van der Waals surface area contributed by atoms with E-state index >= 15 is 0 Å². The summed E-state index contributed by atoms with van der Waals surface area (Å²) in [4.78, 5) is 26.0. The van der Waals surface area contributed by atoms with E-state index in [4.69, 9.17) is 0 Å². The number of aromatic hydroxyl groups is 1. The van der Waals surface area contributed by atoms with Gasteiger partial charge in [0.2, 0.25) is 0 Å². The van der Waals surface area contributed by atoms with Gasteiger partial charge in [-0.1, -0.05) is 0 Å². The molecule has 6 heteroatoms. The molecule has 0 bridgehead atoms. The average Bonchev–Trinajstić information content (AvgIpc) is 2.67. The zero-order chi connectivity index (χ0) is 12.4. The van der Waals surface area contributed by atoms with E-state index in [2.05, 4.69) is 9.72 Å². The first kappa shape index (κ1) is 11.1. The third-order valence-electron chi connectivity index (χ3n) is 2.34. The van der Waals surface area contributed by atoms with Crippen LogP contribution in [0.1, 0.15) is 16.3 Å². The van der Waals surface area contributed by atoms with Crippen LogP contribution in [0.4, 0.5) is 0 Å². The highest BCUT2D eigenvalue weighted by Gasteiger charge is 2.17. The number of carbonyl (C=O) groups excluding carboxylic acids is 2. The number of pyridine rings is 1. The predicted molar refractivity (Wildman–Crippen MR) is 58.0 cm³/mol. The van der Waals surface area contributed by atoms with Gasteiger partial charge >= 0.3 is 5.97 Å². The minimum Gasteiger partial charge on any atom is -0.508 e. The number of carbonyl (C=O) groups is 2. The molecule has 1 N–H and O–H groups in total. The molecule has 88 valence electrons. The summed E-state index contributed by atoms with van der Waals surface area (Å²) in [6, 6.07) is 2.84. The zero-order valence-corrected chi connectivity index (χ0v) is 9.08. The molecule has 0 spiro atoms. The van der Waals surface area contributed by atoms with E-state index in [0.29, 0.717) is 17.6 Å². The summed E-state index contributed by atoms with van der Waals surface area (Å²) in [6.45, 7) is 0. The van der Waals surface area contributed by atoms with Crippen molar-refractivity contribution in [3.05, 3.63) is 29.8 Å². The van der Waals surface area contributed by atoms with Crippen molar-refractivity contribution in [1.82, 2.24) is 9.38 Å². The topological polar surface area (TPSA) is 80.9 Å². The van der Waals surface area contributed by atoms with Gasteiger partial charge in [0.25, 0.3) is 0 Å².